The molecule has 2 heterocycles. The van der Waals surface area contributed by atoms with Crippen molar-refractivity contribution in [2.75, 3.05) is 24.5 Å². The van der Waals surface area contributed by atoms with Crippen LogP contribution in [0.1, 0.15) is 43.5 Å². The van der Waals surface area contributed by atoms with Gasteiger partial charge in [0.2, 0.25) is 0 Å². The van der Waals surface area contributed by atoms with Gasteiger partial charge in [-0.05, 0) is 56.2 Å². The van der Waals surface area contributed by atoms with Crippen molar-refractivity contribution in [2.45, 2.75) is 39.7 Å². The van der Waals surface area contributed by atoms with E-state index in [4.69, 9.17) is 0 Å². The van der Waals surface area contributed by atoms with Crippen molar-refractivity contribution in [3.63, 3.8) is 0 Å². The van der Waals surface area contributed by atoms with Crippen LogP contribution in [0.25, 0.3) is 5.65 Å². The summed E-state index contributed by atoms with van der Waals surface area (Å²) in [6.45, 7) is 7.26. The molecule has 0 aliphatic carbocycles. The Bertz CT molecular complexity index is 990. The lowest BCUT2D eigenvalue weighted by Gasteiger charge is -2.23. The van der Waals surface area contributed by atoms with E-state index in [1.165, 1.54) is 9.08 Å². The van der Waals surface area contributed by atoms with Crippen LogP contribution in [0, 0.1) is 0 Å². The Morgan fingerprint density at radius 1 is 1.10 bits per heavy atom. The summed E-state index contributed by atoms with van der Waals surface area (Å²) in [5.74, 6) is -0.101. The first kappa shape index (κ1) is 20.6. The number of nitrogens with zero attached hydrogens (tertiary/aromatic N) is 4. The summed E-state index contributed by atoms with van der Waals surface area (Å²) in [6.07, 6.45) is 4.66. The predicted molar refractivity (Wildman–Crippen MR) is 116 cm³/mol. The summed E-state index contributed by atoms with van der Waals surface area (Å²) < 4.78 is 2.95. The molecule has 1 amide bonds. The van der Waals surface area contributed by atoms with Crippen molar-refractivity contribution < 1.29 is 4.79 Å². The van der Waals surface area contributed by atoms with E-state index in [9.17, 15) is 9.59 Å². The van der Waals surface area contributed by atoms with Crippen LogP contribution < -0.4 is 15.9 Å². The Hall–Kier alpha value is -3.09. The smallest absolute Gasteiger partial charge is 0.350 e. The van der Waals surface area contributed by atoms with E-state index in [2.05, 4.69) is 29.2 Å². The summed E-state index contributed by atoms with van der Waals surface area (Å²) in [5, 5.41) is 7.21. The maximum Gasteiger partial charge on any atom is 0.350 e. The summed E-state index contributed by atoms with van der Waals surface area (Å²) in [7, 11) is 0. The molecule has 3 aromatic rings. The van der Waals surface area contributed by atoms with E-state index in [1.807, 2.05) is 30.3 Å². The lowest BCUT2D eigenvalue weighted by atomic mass is 10.1. The van der Waals surface area contributed by atoms with E-state index in [-0.39, 0.29) is 11.6 Å². The van der Waals surface area contributed by atoms with Crippen LogP contribution in [0.3, 0.4) is 0 Å². The van der Waals surface area contributed by atoms with Crippen molar-refractivity contribution in [1.82, 2.24) is 19.5 Å². The maximum absolute atomic E-state index is 12.4. The van der Waals surface area contributed by atoms with Crippen molar-refractivity contribution in [3.05, 3.63) is 64.7 Å². The molecule has 0 aliphatic heterocycles. The third-order valence-corrected chi connectivity index (χ3v) is 4.98. The molecular formula is C22H29N5O2. The van der Waals surface area contributed by atoms with Crippen molar-refractivity contribution in [3.8, 4) is 0 Å². The first-order valence-electron chi connectivity index (χ1n) is 10.3. The Labute approximate surface area is 171 Å². The zero-order chi connectivity index (χ0) is 20.6. The minimum Gasteiger partial charge on any atom is -0.372 e. The normalized spacial score (nSPS) is 11.0. The van der Waals surface area contributed by atoms with E-state index in [1.54, 1.807) is 18.3 Å². The summed E-state index contributed by atoms with van der Waals surface area (Å²) in [4.78, 5) is 26.9. The van der Waals surface area contributed by atoms with E-state index in [0.29, 0.717) is 30.7 Å². The largest absolute Gasteiger partial charge is 0.372 e. The summed E-state index contributed by atoms with van der Waals surface area (Å²) in [5.41, 5.74) is 2.25. The highest BCUT2D eigenvalue weighted by molar-refractivity contribution is 5.94. The summed E-state index contributed by atoms with van der Waals surface area (Å²) >= 11 is 0. The van der Waals surface area contributed by atoms with Gasteiger partial charge in [-0.15, -0.1) is 5.10 Å². The Morgan fingerprint density at radius 3 is 2.59 bits per heavy atom. The molecule has 1 aromatic carbocycles. The first-order chi connectivity index (χ1) is 14.1. The van der Waals surface area contributed by atoms with Gasteiger partial charge in [0.25, 0.3) is 5.91 Å². The number of carbonyl (C=O) groups is 1. The second-order valence-corrected chi connectivity index (χ2v) is 7.02. The molecule has 3 rings (SSSR count). The van der Waals surface area contributed by atoms with Gasteiger partial charge >= 0.3 is 5.69 Å². The number of aromatic nitrogens is 3. The molecule has 1 N–H and O–H groups in total. The molecule has 0 atom stereocenters. The van der Waals surface area contributed by atoms with E-state index < -0.39 is 0 Å². The van der Waals surface area contributed by atoms with E-state index >= 15 is 0 Å². The van der Waals surface area contributed by atoms with Gasteiger partial charge in [-0.1, -0.05) is 19.4 Å². The van der Waals surface area contributed by atoms with Crippen LogP contribution in [0.4, 0.5) is 5.69 Å². The fourth-order valence-corrected chi connectivity index (χ4v) is 3.29. The molecular weight excluding hydrogens is 366 g/mol. The third-order valence-electron chi connectivity index (χ3n) is 4.98. The van der Waals surface area contributed by atoms with Gasteiger partial charge in [0.15, 0.2) is 5.65 Å². The van der Waals surface area contributed by atoms with Crippen molar-refractivity contribution in [1.29, 1.82) is 0 Å². The molecule has 7 heteroatoms. The standard InChI is InChI=1S/C22H29N5O2/c1-3-5-15-25(4-2)19-12-10-18(11-13-19)21(28)23-14-8-17-27-22(29)26-16-7-6-9-20(26)24-27/h6-7,9-13,16H,3-5,8,14-15,17H2,1-2H3,(H,23,28). The fourth-order valence-electron chi connectivity index (χ4n) is 3.29. The lowest BCUT2D eigenvalue weighted by Crippen LogP contribution is -2.27. The van der Waals surface area contributed by atoms with Gasteiger partial charge in [-0.3, -0.25) is 9.20 Å². The van der Waals surface area contributed by atoms with Gasteiger partial charge in [0.05, 0.1) is 0 Å². The number of rotatable bonds is 10. The minimum absolute atomic E-state index is 0.101. The van der Waals surface area contributed by atoms with Crippen molar-refractivity contribution in [2.24, 2.45) is 0 Å². The zero-order valence-corrected chi connectivity index (χ0v) is 17.2. The monoisotopic (exact) mass is 395 g/mol. The number of unbranched alkanes of at least 4 members (excludes halogenated alkanes) is 1. The molecule has 0 radical (unpaired) electrons. The van der Waals surface area contributed by atoms with Gasteiger partial charge in [-0.2, -0.15) is 0 Å². The fraction of sp³-hybridized carbons (Fsp3) is 0.409. The molecule has 154 valence electrons. The number of aryl methyl sites for hydroxylation is 1. The number of fused-ring (bicyclic) bond motifs is 1. The van der Waals surface area contributed by atoms with Crippen molar-refractivity contribution >= 4 is 17.2 Å². The number of nitrogens with one attached hydrogen (secondary N) is 1. The van der Waals surface area contributed by atoms with Gasteiger partial charge in [0, 0.05) is 43.6 Å². The van der Waals surface area contributed by atoms with Crippen LogP contribution in [-0.2, 0) is 6.54 Å². The number of amides is 1. The second kappa shape index (κ2) is 9.91. The first-order valence-corrected chi connectivity index (χ1v) is 10.3. The molecule has 0 saturated heterocycles. The SMILES string of the molecule is CCCCN(CC)c1ccc(C(=O)NCCCn2nc3ccccn3c2=O)cc1. The molecule has 0 unspecified atom stereocenters. The van der Waals surface area contributed by atoms with Crippen LogP contribution in [0.15, 0.2) is 53.5 Å². The maximum atomic E-state index is 12.4. The number of hydrogen-bond acceptors (Lipinski definition) is 4. The number of benzene rings is 1. The molecule has 0 spiro atoms. The average Bonchev–Trinajstić information content (AvgIpc) is 3.08. The summed E-state index contributed by atoms with van der Waals surface area (Å²) in [6, 6.07) is 13.2. The highest BCUT2D eigenvalue weighted by Crippen LogP contribution is 2.16. The zero-order valence-electron chi connectivity index (χ0n) is 17.2. The van der Waals surface area contributed by atoms with E-state index in [0.717, 1.165) is 31.6 Å². The third kappa shape index (κ3) is 5.04. The van der Waals surface area contributed by atoms with Gasteiger partial charge < -0.3 is 10.2 Å². The Kier molecular flexibility index (Phi) is 7.05. The molecule has 7 nitrogen and oxygen atoms in total. The number of carbonyl (C=O) groups excluding carboxylic acids is 1. The molecule has 0 fully saturated rings. The van der Waals surface area contributed by atoms with Gasteiger partial charge in [-0.25, -0.2) is 9.48 Å². The topological polar surface area (TPSA) is 71.6 Å². The quantitative estimate of drug-likeness (QED) is 0.536. The highest BCUT2D eigenvalue weighted by Gasteiger charge is 2.09. The average molecular weight is 396 g/mol. The van der Waals surface area contributed by atoms with Gasteiger partial charge in [0.1, 0.15) is 0 Å². The Balaban J connectivity index is 1.50. The lowest BCUT2D eigenvalue weighted by molar-refractivity contribution is 0.0952. The molecule has 0 bridgehead atoms. The minimum atomic E-state index is -0.161. The Morgan fingerprint density at radius 2 is 1.90 bits per heavy atom. The number of pyridine rings is 1. The highest BCUT2D eigenvalue weighted by atomic mass is 16.2. The molecule has 0 saturated carbocycles. The number of anilines is 1. The molecule has 0 aliphatic rings. The van der Waals surface area contributed by atoms with Crippen LogP contribution in [-0.4, -0.2) is 39.7 Å². The van der Waals surface area contributed by atoms with Crippen LogP contribution in [0.2, 0.25) is 0 Å². The molecule has 2 aromatic heterocycles. The second-order valence-electron chi connectivity index (χ2n) is 7.02. The molecule has 29 heavy (non-hydrogen) atoms. The van der Waals surface area contributed by atoms with Crippen LogP contribution >= 0.6 is 0 Å². The number of hydrogen-bond donors (Lipinski definition) is 1. The predicted octanol–water partition coefficient (Wildman–Crippen LogP) is 2.94. The van der Waals surface area contributed by atoms with Crippen LogP contribution in [0.5, 0.6) is 0 Å².